The minimum atomic E-state index is 0. The molecule has 0 aliphatic heterocycles. The summed E-state index contributed by atoms with van der Waals surface area (Å²) in [5.74, 6) is 0. The number of aryl methyl sites for hydroxylation is 2. The van der Waals surface area contributed by atoms with E-state index in [0.29, 0.717) is 0 Å². The average Bonchev–Trinajstić information content (AvgIpc) is 2.65. The van der Waals surface area contributed by atoms with Crippen LogP contribution >= 0.6 is 0 Å². The van der Waals surface area contributed by atoms with Crippen LogP contribution < -0.4 is 22.1 Å². The van der Waals surface area contributed by atoms with E-state index in [0.717, 1.165) is 48.3 Å². The summed E-state index contributed by atoms with van der Waals surface area (Å²) in [5, 5.41) is 7.10. The highest BCUT2D eigenvalue weighted by molar-refractivity contribution is 5.58. The maximum atomic E-state index is 5.83. The summed E-state index contributed by atoms with van der Waals surface area (Å²) in [7, 11) is 2.36. The normalized spacial score (nSPS) is 11.0. The molecule has 0 saturated heterocycles. The van der Waals surface area contributed by atoms with Crippen molar-refractivity contribution in [3.05, 3.63) is 55.0 Å². The Morgan fingerprint density at radius 2 is 1.21 bits per heavy atom. The van der Waals surface area contributed by atoms with E-state index >= 15 is 0 Å². The largest absolute Gasteiger partial charge is 0.399 e. The number of nitrogen functional groups attached to an aromatic ring is 2. The maximum Gasteiger partial charge on any atom is 0.0801 e. The first-order chi connectivity index (χ1) is 13.3. The third-order valence-electron chi connectivity index (χ3n) is 5.64. The topological polar surface area (TPSA) is 76.1 Å². The van der Waals surface area contributed by atoms with Gasteiger partial charge in [-0.3, -0.25) is 0 Å². The van der Waals surface area contributed by atoms with E-state index in [-0.39, 0.29) is 7.43 Å². The number of benzene rings is 2. The van der Waals surface area contributed by atoms with Gasteiger partial charge >= 0.3 is 0 Å². The lowest BCUT2D eigenvalue weighted by molar-refractivity contribution is -0.907. The third kappa shape index (κ3) is 7.86. The van der Waals surface area contributed by atoms with Crippen LogP contribution in [0.25, 0.3) is 0 Å². The van der Waals surface area contributed by atoms with Gasteiger partial charge in [0.2, 0.25) is 0 Å². The van der Waals surface area contributed by atoms with Crippen LogP contribution in [0, 0.1) is 21.3 Å². The molecule has 5 nitrogen and oxygen atoms in total. The van der Waals surface area contributed by atoms with Gasteiger partial charge in [-0.05, 0) is 68.3 Å². The molecule has 0 aliphatic rings. The Morgan fingerprint density at radius 3 is 1.55 bits per heavy atom. The van der Waals surface area contributed by atoms with Gasteiger partial charge in [-0.2, -0.15) is 0 Å². The molecule has 29 heavy (non-hydrogen) atoms. The Balaban J connectivity index is 0.00000420. The third-order valence-corrected chi connectivity index (χ3v) is 5.64. The van der Waals surface area contributed by atoms with Gasteiger partial charge in [0.25, 0.3) is 0 Å². The van der Waals surface area contributed by atoms with Crippen molar-refractivity contribution in [2.45, 2.75) is 33.6 Å². The molecule has 0 aromatic heterocycles. The van der Waals surface area contributed by atoms with Crippen LogP contribution in [-0.2, 0) is 0 Å². The van der Waals surface area contributed by atoms with Gasteiger partial charge in [0, 0.05) is 48.7 Å². The van der Waals surface area contributed by atoms with Crippen LogP contribution in [0.2, 0.25) is 0 Å². The molecule has 2 rings (SSSR count). The molecular formula is C24H41N5. The lowest BCUT2D eigenvalue weighted by atomic mass is 10.1. The van der Waals surface area contributed by atoms with Gasteiger partial charge in [0.15, 0.2) is 0 Å². The van der Waals surface area contributed by atoms with Gasteiger partial charge < -0.3 is 34.0 Å². The highest BCUT2D eigenvalue weighted by atomic mass is 15.3. The van der Waals surface area contributed by atoms with E-state index in [1.165, 1.54) is 35.6 Å². The van der Waals surface area contributed by atoms with Crippen molar-refractivity contribution in [1.29, 1.82) is 0 Å². The Hall–Kier alpha value is -2.40. The molecular weight excluding hydrogens is 358 g/mol. The molecule has 0 unspecified atom stereocenters. The smallest absolute Gasteiger partial charge is 0.0801 e. The molecule has 0 heterocycles. The number of nitrogens with one attached hydrogen (secondary N) is 2. The lowest BCUT2D eigenvalue weighted by Crippen LogP contribution is -2.46. The second kappa shape index (κ2) is 11.6. The Labute approximate surface area is 178 Å². The standard InChI is InChI=1S/C23H38N5.CH3/c1-5-28(4,14-6-12-26-22-10-8-20(24)16-18(22)2)15-7-13-27-23-11-9-21(25)17-19(23)3;/h8-11,16-17,26-27H,5-7,12-15,24-25H2,1-4H3;1H3/q+1;-1. The fourth-order valence-electron chi connectivity index (χ4n) is 3.57. The van der Waals surface area contributed by atoms with Crippen LogP contribution in [-0.4, -0.2) is 44.3 Å². The lowest BCUT2D eigenvalue weighted by Gasteiger charge is -2.33. The predicted molar refractivity (Wildman–Crippen MR) is 130 cm³/mol. The number of hydrogen-bond donors (Lipinski definition) is 4. The van der Waals surface area contributed by atoms with Crippen molar-refractivity contribution in [1.82, 2.24) is 0 Å². The number of hydrogen-bond acceptors (Lipinski definition) is 4. The summed E-state index contributed by atoms with van der Waals surface area (Å²) in [6, 6.07) is 12.1. The van der Waals surface area contributed by atoms with Crippen molar-refractivity contribution in [2.75, 3.05) is 61.9 Å². The quantitative estimate of drug-likeness (QED) is 0.191. The van der Waals surface area contributed by atoms with E-state index < -0.39 is 0 Å². The summed E-state index contributed by atoms with van der Waals surface area (Å²) in [6.07, 6.45) is 2.30. The molecule has 6 N–H and O–H groups in total. The molecule has 0 aliphatic carbocycles. The Morgan fingerprint density at radius 1 is 0.793 bits per heavy atom. The predicted octanol–water partition coefficient (Wildman–Crippen LogP) is 4.69. The number of quaternary nitrogens is 1. The van der Waals surface area contributed by atoms with Gasteiger partial charge in [-0.15, -0.1) is 0 Å². The minimum Gasteiger partial charge on any atom is -0.399 e. The van der Waals surface area contributed by atoms with Crippen LogP contribution in [0.15, 0.2) is 36.4 Å². The van der Waals surface area contributed by atoms with Crippen LogP contribution in [0.1, 0.15) is 30.9 Å². The molecule has 5 heteroatoms. The minimum absolute atomic E-state index is 0. The fraction of sp³-hybridized carbons (Fsp3) is 0.458. The second-order valence-corrected chi connectivity index (χ2v) is 8.09. The molecule has 0 atom stereocenters. The highest BCUT2D eigenvalue weighted by Gasteiger charge is 2.18. The number of nitrogens with zero attached hydrogens (tertiary/aromatic N) is 1. The first-order valence-electron chi connectivity index (χ1n) is 10.4. The monoisotopic (exact) mass is 399 g/mol. The number of anilines is 4. The number of nitrogens with two attached hydrogens (primary N) is 2. The van der Waals surface area contributed by atoms with E-state index in [4.69, 9.17) is 11.5 Å². The Kier molecular flexibility index (Phi) is 9.83. The van der Waals surface area contributed by atoms with E-state index in [1.54, 1.807) is 0 Å². The molecule has 162 valence electrons. The summed E-state index contributed by atoms with van der Waals surface area (Å²) in [4.78, 5) is 0. The van der Waals surface area contributed by atoms with Crippen LogP contribution in [0.4, 0.5) is 22.7 Å². The van der Waals surface area contributed by atoms with E-state index in [2.05, 4.69) is 50.6 Å². The zero-order chi connectivity index (χ0) is 20.6. The van der Waals surface area contributed by atoms with Crippen LogP contribution in [0.3, 0.4) is 0 Å². The SMILES string of the molecule is CC[N+](C)(CCCNc1ccc(N)cc1C)CCCNc1ccc(N)cc1C.[CH3-]. The van der Waals surface area contributed by atoms with Crippen LogP contribution in [0.5, 0.6) is 0 Å². The summed E-state index contributed by atoms with van der Waals surface area (Å²) >= 11 is 0. The fourth-order valence-corrected chi connectivity index (χ4v) is 3.57. The van der Waals surface area contributed by atoms with Gasteiger partial charge in [0.05, 0.1) is 26.7 Å². The van der Waals surface area contributed by atoms with E-state index in [9.17, 15) is 0 Å². The van der Waals surface area contributed by atoms with E-state index in [1.807, 2.05) is 24.3 Å². The zero-order valence-electron chi connectivity index (χ0n) is 19.0. The summed E-state index contributed by atoms with van der Waals surface area (Å²) in [6.45, 7) is 12.0. The molecule has 0 saturated carbocycles. The molecule has 0 amide bonds. The second-order valence-electron chi connectivity index (χ2n) is 8.09. The molecule has 0 fully saturated rings. The van der Waals surface area contributed by atoms with Crippen molar-refractivity contribution in [2.24, 2.45) is 0 Å². The van der Waals surface area contributed by atoms with Crippen molar-refractivity contribution >= 4 is 22.7 Å². The Bertz CT molecular complexity index is 697. The molecule has 0 bridgehead atoms. The van der Waals surface area contributed by atoms with Gasteiger partial charge in [-0.1, -0.05) is 0 Å². The number of rotatable bonds is 11. The zero-order valence-corrected chi connectivity index (χ0v) is 19.0. The molecule has 2 aromatic rings. The maximum absolute atomic E-state index is 5.83. The summed E-state index contributed by atoms with van der Waals surface area (Å²) in [5.41, 5.74) is 18.1. The highest BCUT2D eigenvalue weighted by Crippen LogP contribution is 2.19. The summed E-state index contributed by atoms with van der Waals surface area (Å²) < 4.78 is 1.10. The van der Waals surface area contributed by atoms with Gasteiger partial charge in [-0.25, -0.2) is 0 Å². The molecule has 0 radical (unpaired) electrons. The molecule has 0 spiro atoms. The first-order valence-corrected chi connectivity index (χ1v) is 10.4. The van der Waals surface area contributed by atoms with Gasteiger partial charge in [0.1, 0.15) is 0 Å². The van der Waals surface area contributed by atoms with Crippen molar-refractivity contribution in [3.8, 4) is 0 Å². The first kappa shape index (κ1) is 24.6. The van der Waals surface area contributed by atoms with Crippen molar-refractivity contribution in [3.63, 3.8) is 0 Å². The van der Waals surface area contributed by atoms with Crippen molar-refractivity contribution < 1.29 is 4.48 Å². The average molecular weight is 400 g/mol. The molecule has 2 aromatic carbocycles.